The summed E-state index contributed by atoms with van der Waals surface area (Å²) in [6.45, 7) is 1.29. The van der Waals surface area contributed by atoms with Gasteiger partial charge in [-0.3, -0.25) is 14.5 Å². The molecule has 0 radical (unpaired) electrons. The van der Waals surface area contributed by atoms with Gasteiger partial charge in [0.2, 0.25) is 5.91 Å². The zero-order valence-corrected chi connectivity index (χ0v) is 15.0. The lowest BCUT2D eigenvalue weighted by molar-refractivity contribution is -0.140. The number of imide groups is 1. The summed E-state index contributed by atoms with van der Waals surface area (Å²) in [4.78, 5) is 43.1. The van der Waals surface area contributed by atoms with Crippen molar-refractivity contribution >= 4 is 17.8 Å². The van der Waals surface area contributed by atoms with E-state index in [9.17, 15) is 14.4 Å². The Morgan fingerprint density at radius 1 is 1.12 bits per heavy atom. The zero-order valence-electron chi connectivity index (χ0n) is 15.0. The van der Waals surface area contributed by atoms with Gasteiger partial charge in [0.1, 0.15) is 12.1 Å². The maximum Gasteiger partial charge on any atom is 0.327 e. The molecular formula is C18H28N4O3. The van der Waals surface area contributed by atoms with Gasteiger partial charge in [0, 0.05) is 32.2 Å². The van der Waals surface area contributed by atoms with Gasteiger partial charge >= 0.3 is 6.03 Å². The van der Waals surface area contributed by atoms with E-state index in [1.165, 1.54) is 11.3 Å². The van der Waals surface area contributed by atoms with E-state index >= 15 is 0 Å². The van der Waals surface area contributed by atoms with Crippen LogP contribution in [-0.2, 0) is 9.59 Å². The summed E-state index contributed by atoms with van der Waals surface area (Å²) in [5.41, 5.74) is -0.699. The van der Waals surface area contributed by atoms with E-state index in [2.05, 4.69) is 5.32 Å². The Hall–Kier alpha value is -1.63. The van der Waals surface area contributed by atoms with Gasteiger partial charge in [-0.2, -0.15) is 0 Å². The molecule has 138 valence electrons. The highest BCUT2D eigenvalue weighted by atomic mass is 16.2. The van der Waals surface area contributed by atoms with E-state index in [1.54, 1.807) is 11.9 Å². The zero-order chi connectivity index (χ0) is 17.6. The molecule has 4 rings (SSSR count). The monoisotopic (exact) mass is 348 g/mol. The largest absolute Gasteiger partial charge is 0.340 e. The van der Waals surface area contributed by atoms with Gasteiger partial charge in [0.15, 0.2) is 0 Å². The molecule has 1 saturated carbocycles. The van der Waals surface area contributed by atoms with Crippen LogP contribution in [0.2, 0.25) is 0 Å². The van der Waals surface area contributed by atoms with Crippen molar-refractivity contribution in [2.75, 3.05) is 26.7 Å². The van der Waals surface area contributed by atoms with Crippen LogP contribution in [0.5, 0.6) is 0 Å². The Labute approximate surface area is 148 Å². The van der Waals surface area contributed by atoms with Crippen molar-refractivity contribution in [3.05, 3.63) is 0 Å². The van der Waals surface area contributed by atoms with Crippen molar-refractivity contribution in [2.24, 2.45) is 0 Å². The molecule has 25 heavy (non-hydrogen) atoms. The van der Waals surface area contributed by atoms with Crippen LogP contribution in [0.1, 0.15) is 51.4 Å². The van der Waals surface area contributed by atoms with Crippen molar-refractivity contribution in [3.8, 4) is 0 Å². The highest BCUT2D eigenvalue weighted by Gasteiger charge is 2.56. The standard InChI is InChI=1S/C18H28N4O3/c1-20-17(25)22(16(24)18(20)8-3-2-4-9-18)12-15(23)21-10-7-13-5-6-14(11-21)19-13/h13-14,19H,2-12H2,1H3. The van der Waals surface area contributed by atoms with Crippen LogP contribution in [0.4, 0.5) is 4.79 Å². The Morgan fingerprint density at radius 3 is 2.60 bits per heavy atom. The molecule has 3 aliphatic heterocycles. The maximum absolute atomic E-state index is 13.0. The van der Waals surface area contributed by atoms with Crippen LogP contribution in [0.25, 0.3) is 0 Å². The van der Waals surface area contributed by atoms with Crippen LogP contribution in [0, 0.1) is 0 Å². The predicted molar refractivity (Wildman–Crippen MR) is 91.8 cm³/mol. The Balaban J connectivity index is 1.45. The van der Waals surface area contributed by atoms with Crippen molar-refractivity contribution in [1.82, 2.24) is 20.0 Å². The third kappa shape index (κ3) is 2.72. The fourth-order valence-corrected chi connectivity index (χ4v) is 5.08. The van der Waals surface area contributed by atoms with E-state index in [1.807, 2.05) is 4.90 Å². The third-order valence-electron chi connectivity index (χ3n) is 6.65. The molecule has 4 fully saturated rings. The highest BCUT2D eigenvalue weighted by molar-refractivity contribution is 6.08. The van der Waals surface area contributed by atoms with Gasteiger partial charge in [0.25, 0.3) is 5.91 Å². The Morgan fingerprint density at radius 2 is 1.84 bits per heavy atom. The second-order valence-electron chi connectivity index (χ2n) is 8.09. The number of nitrogens with zero attached hydrogens (tertiary/aromatic N) is 3. The number of hydrogen-bond donors (Lipinski definition) is 1. The van der Waals surface area contributed by atoms with E-state index in [-0.39, 0.29) is 24.4 Å². The molecule has 0 aromatic rings. The van der Waals surface area contributed by atoms with Gasteiger partial charge < -0.3 is 15.1 Å². The second kappa shape index (κ2) is 6.27. The lowest BCUT2D eigenvalue weighted by Crippen LogP contribution is -2.50. The average Bonchev–Trinajstić information content (AvgIpc) is 3.03. The molecule has 2 atom stereocenters. The number of urea groups is 1. The second-order valence-corrected chi connectivity index (χ2v) is 8.09. The summed E-state index contributed by atoms with van der Waals surface area (Å²) in [5, 5.41) is 3.55. The number of carbonyl (C=O) groups excluding carboxylic acids is 3. The minimum absolute atomic E-state index is 0.0997. The highest BCUT2D eigenvalue weighted by Crippen LogP contribution is 2.39. The average molecular weight is 348 g/mol. The molecule has 4 aliphatic rings. The van der Waals surface area contributed by atoms with Crippen LogP contribution in [0.3, 0.4) is 0 Å². The van der Waals surface area contributed by atoms with Gasteiger partial charge in [-0.15, -0.1) is 0 Å². The van der Waals surface area contributed by atoms with Crippen LogP contribution >= 0.6 is 0 Å². The molecule has 1 spiro atoms. The minimum atomic E-state index is -0.699. The molecule has 0 aromatic heterocycles. The van der Waals surface area contributed by atoms with E-state index < -0.39 is 5.54 Å². The van der Waals surface area contributed by atoms with Crippen LogP contribution in [-0.4, -0.2) is 76.8 Å². The normalized spacial score (nSPS) is 31.8. The first kappa shape index (κ1) is 16.8. The summed E-state index contributed by atoms with van der Waals surface area (Å²) in [6.07, 6.45) is 7.71. The fraction of sp³-hybridized carbons (Fsp3) is 0.833. The Kier molecular flexibility index (Phi) is 4.22. The van der Waals surface area contributed by atoms with Gasteiger partial charge in [-0.1, -0.05) is 19.3 Å². The molecule has 3 heterocycles. The molecule has 1 N–H and O–H groups in total. The van der Waals surface area contributed by atoms with Crippen LogP contribution < -0.4 is 5.32 Å². The summed E-state index contributed by atoms with van der Waals surface area (Å²) >= 11 is 0. The quantitative estimate of drug-likeness (QED) is 0.754. The number of likely N-dealkylation sites (N-methyl/N-ethyl adjacent to an activating group) is 1. The van der Waals surface area contributed by atoms with Crippen molar-refractivity contribution in [1.29, 1.82) is 0 Å². The molecule has 3 saturated heterocycles. The molecule has 4 amide bonds. The molecule has 2 bridgehead atoms. The minimum Gasteiger partial charge on any atom is -0.340 e. The van der Waals surface area contributed by atoms with Crippen molar-refractivity contribution < 1.29 is 14.4 Å². The van der Waals surface area contributed by atoms with E-state index in [0.717, 1.165) is 44.9 Å². The van der Waals surface area contributed by atoms with Gasteiger partial charge in [-0.25, -0.2) is 4.79 Å². The van der Waals surface area contributed by atoms with E-state index in [0.29, 0.717) is 25.2 Å². The smallest absolute Gasteiger partial charge is 0.327 e. The van der Waals surface area contributed by atoms with Crippen LogP contribution in [0.15, 0.2) is 0 Å². The predicted octanol–water partition coefficient (Wildman–Crippen LogP) is 0.936. The van der Waals surface area contributed by atoms with E-state index in [4.69, 9.17) is 0 Å². The lowest BCUT2D eigenvalue weighted by atomic mass is 9.81. The fourth-order valence-electron chi connectivity index (χ4n) is 5.08. The third-order valence-corrected chi connectivity index (χ3v) is 6.65. The Bertz CT molecular complexity index is 587. The first-order valence-corrected chi connectivity index (χ1v) is 9.65. The number of rotatable bonds is 2. The number of likely N-dealkylation sites (tertiary alicyclic amines) is 1. The molecule has 2 unspecified atom stereocenters. The number of amides is 4. The molecule has 0 aromatic carbocycles. The molecule has 7 nitrogen and oxygen atoms in total. The number of nitrogens with one attached hydrogen (secondary N) is 1. The number of fused-ring (bicyclic) bond motifs is 2. The molecule has 7 heteroatoms. The topological polar surface area (TPSA) is 73.0 Å². The lowest BCUT2D eigenvalue weighted by Gasteiger charge is -2.35. The van der Waals surface area contributed by atoms with Gasteiger partial charge in [0.05, 0.1) is 0 Å². The summed E-state index contributed by atoms with van der Waals surface area (Å²) < 4.78 is 0. The number of carbonyl (C=O) groups is 3. The molecule has 1 aliphatic carbocycles. The van der Waals surface area contributed by atoms with Gasteiger partial charge in [-0.05, 0) is 32.1 Å². The van der Waals surface area contributed by atoms with Crippen molar-refractivity contribution in [3.63, 3.8) is 0 Å². The summed E-state index contributed by atoms with van der Waals surface area (Å²) in [7, 11) is 1.71. The summed E-state index contributed by atoms with van der Waals surface area (Å²) in [5.74, 6) is -0.264. The first-order chi connectivity index (χ1) is 12.0. The first-order valence-electron chi connectivity index (χ1n) is 9.65. The number of hydrogen-bond acceptors (Lipinski definition) is 4. The maximum atomic E-state index is 13.0. The SMILES string of the molecule is CN1C(=O)N(CC(=O)N2CCC3CCC(C2)N3)C(=O)C12CCCCC2. The molecular weight excluding hydrogens is 320 g/mol. The summed E-state index contributed by atoms with van der Waals surface area (Å²) in [6, 6.07) is 0.554. The van der Waals surface area contributed by atoms with Crippen molar-refractivity contribution in [2.45, 2.75) is 69.0 Å².